The number of hydrogen-bond acceptors (Lipinski definition) is 4. The lowest BCUT2D eigenvalue weighted by molar-refractivity contribution is -0.117. The largest absolute Gasteiger partial charge is 0.395 e. The fourth-order valence-corrected chi connectivity index (χ4v) is 1.54. The van der Waals surface area contributed by atoms with E-state index in [1.165, 1.54) is 4.90 Å². The highest BCUT2D eigenvalue weighted by Crippen LogP contribution is 2.15. The van der Waals surface area contributed by atoms with Crippen LogP contribution in [-0.2, 0) is 4.79 Å². The Balaban J connectivity index is 2.60. The third kappa shape index (κ3) is 5.29. The van der Waals surface area contributed by atoms with Crippen molar-refractivity contribution in [2.24, 2.45) is 0 Å². The number of benzene rings is 1. The second-order valence-corrected chi connectivity index (χ2v) is 3.90. The van der Waals surface area contributed by atoms with E-state index in [1.54, 1.807) is 0 Å². The molecule has 1 amide bonds. The third-order valence-corrected chi connectivity index (χ3v) is 2.40. The van der Waals surface area contributed by atoms with E-state index in [0.717, 1.165) is 18.2 Å². The number of carbonyl (C=O) groups excluding carboxylic acids is 1. The van der Waals surface area contributed by atoms with E-state index >= 15 is 0 Å². The quantitative estimate of drug-likeness (QED) is 0.663. The van der Waals surface area contributed by atoms with Crippen LogP contribution < -0.4 is 5.32 Å². The van der Waals surface area contributed by atoms with Crippen molar-refractivity contribution in [3.05, 3.63) is 29.8 Å². The van der Waals surface area contributed by atoms with Crippen LogP contribution in [0.5, 0.6) is 0 Å². The van der Waals surface area contributed by atoms with Crippen molar-refractivity contribution in [1.82, 2.24) is 4.90 Å². The molecule has 19 heavy (non-hydrogen) atoms. The van der Waals surface area contributed by atoms with Gasteiger partial charge in [0.05, 0.1) is 25.4 Å². The average Bonchev–Trinajstić information content (AvgIpc) is 2.34. The molecule has 0 aliphatic rings. The van der Waals surface area contributed by atoms with E-state index in [-0.39, 0.29) is 38.5 Å². The monoisotopic (exact) mass is 274 g/mol. The van der Waals surface area contributed by atoms with Crippen LogP contribution >= 0.6 is 0 Å². The predicted molar refractivity (Wildman–Crippen MR) is 65.6 cm³/mol. The molecule has 0 heterocycles. The summed E-state index contributed by atoms with van der Waals surface area (Å²) < 4.78 is 26.2. The normalized spacial score (nSPS) is 10.8. The van der Waals surface area contributed by atoms with Gasteiger partial charge in [-0.15, -0.1) is 0 Å². The summed E-state index contributed by atoms with van der Waals surface area (Å²) in [4.78, 5) is 13.1. The van der Waals surface area contributed by atoms with Crippen LogP contribution in [0.15, 0.2) is 18.2 Å². The molecule has 0 aliphatic carbocycles. The highest BCUT2D eigenvalue weighted by atomic mass is 19.1. The van der Waals surface area contributed by atoms with Gasteiger partial charge in [0, 0.05) is 19.2 Å². The summed E-state index contributed by atoms with van der Waals surface area (Å²) in [5, 5.41) is 19.8. The number of aliphatic hydroxyl groups is 2. The summed E-state index contributed by atoms with van der Waals surface area (Å²) in [6.45, 7) is -0.0422. The minimum absolute atomic E-state index is 0.128. The van der Waals surface area contributed by atoms with Crippen molar-refractivity contribution >= 4 is 11.6 Å². The molecule has 0 saturated carbocycles. The molecule has 1 rings (SSSR count). The molecule has 0 atom stereocenters. The highest BCUT2D eigenvalue weighted by Gasteiger charge is 2.12. The zero-order valence-electron chi connectivity index (χ0n) is 10.3. The Morgan fingerprint density at radius 1 is 1.21 bits per heavy atom. The van der Waals surface area contributed by atoms with Crippen molar-refractivity contribution in [2.75, 3.05) is 38.2 Å². The van der Waals surface area contributed by atoms with Gasteiger partial charge < -0.3 is 15.5 Å². The standard InChI is InChI=1S/C12H16F2N2O3/c13-9-1-2-10(14)11(7-9)15-12(19)8-16(3-5-17)4-6-18/h1-2,7,17-18H,3-6,8H2,(H,15,19). The van der Waals surface area contributed by atoms with Gasteiger partial charge in [0.25, 0.3) is 0 Å². The second kappa shape index (κ2) is 7.78. The maximum absolute atomic E-state index is 13.3. The Labute approximate surface area is 109 Å². The number of amides is 1. The van der Waals surface area contributed by atoms with Crippen LogP contribution in [0.3, 0.4) is 0 Å². The number of nitrogens with zero attached hydrogens (tertiary/aromatic N) is 1. The van der Waals surface area contributed by atoms with Crippen molar-refractivity contribution in [1.29, 1.82) is 0 Å². The van der Waals surface area contributed by atoms with Gasteiger partial charge in [-0.05, 0) is 12.1 Å². The van der Waals surface area contributed by atoms with Crippen molar-refractivity contribution in [3.63, 3.8) is 0 Å². The fraction of sp³-hybridized carbons (Fsp3) is 0.417. The van der Waals surface area contributed by atoms with E-state index in [1.807, 2.05) is 0 Å². The summed E-state index contributed by atoms with van der Waals surface area (Å²) in [5.41, 5.74) is -0.238. The minimum atomic E-state index is -0.731. The molecule has 0 unspecified atom stereocenters. The summed E-state index contributed by atoms with van der Waals surface area (Å²) in [7, 11) is 0. The lowest BCUT2D eigenvalue weighted by Crippen LogP contribution is -2.37. The Morgan fingerprint density at radius 3 is 2.42 bits per heavy atom. The van der Waals surface area contributed by atoms with E-state index in [0.29, 0.717) is 0 Å². The van der Waals surface area contributed by atoms with Gasteiger partial charge in [-0.2, -0.15) is 0 Å². The van der Waals surface area contributed by atoms with Gasteiger partial charge in [-0.3, -0.25) is 9.69 Å². The van der Waals surface area contributed by atoms with Gasteiger partial charge in [0.15, 0.2) is 0 Å². The number of aliphatic hydroxyl groups excluding tert-OH is 2. The molecule has 0 radical (unpaired) electrons. The first-order chi connectivity index (χ1) is 9.06. The van der Waals surface area contributed by atoms with Crippen LogP contribution in [0.1, 0.15) is 0 Å². The van der Waals surface area contributed by atoms with Crippen LogP contribution in [-0.4, -0.2) is 53.9 Å². The lowest BCUT2D eigenvalue weighted by Gasteiger charge is -2.19. The zero-order chi connectivity index (χ0) is 14.3. The van der Waals surface area contributed by atoms with Gasteiger partial charge in [0.2, 0.25) is 5.91 Å². The van der Waals surface area contributed by atoms with Crippen LogP contribution in [0.25, 0.3) is 0 Å². The van der Waals surface area contributed by atoms with Crippen LogP contribution in [0, 0.1) is 11.6 Å². The zero-order valence-corrected chi connectivity index (χ0v) is 10.3. The molecule has 0 fully saturated rings. The molecule has 1 aromatic carbocycles. The van der Waals surface area contributed by atoms with Gasteiger partial charge in [-0.1, -0.05) is 0 Å². The summed E-state index contributed by atoms with van der Waals surface area (Å²) in [5.74, 6) is -1.93. The molecule has 5 nitrogen and oxygen atoms in total. The Bertz CT molecular complexity index is 423. The van der Waals surface area contributed by atoms with Gasteiger partial charge in [0.1, 0.15) is 11.6 Å². The van der Waals surface area contributed by atoms with Crippen molar-refractivity contribution < 1.29 is 23.8 Å². The molecular weight excluding hydrogens is 258 g/mol. The van der Waals surface area contributed by atoms with Crippen LogP contribution in [0.2, 0.25) is 0 Å². The Morgan fingerprint density at radius 2 is 1.84 bits per heavy atom. The molecule has 106 valence electrons. The molecule has 0 aromatic heterocycles. The average molecular weight is 274 g/mol. The minimum Gasteiger partial charge on any atom is -0.395 e. The van der Waals surface area contributed by atoms with E-state index in [4.69, 9.17) is 10.2 Å². The van der Waals surface area contributed by atoms with E-state index in [9.17, 15) is 13.6 Å². The maximum Gasteiger partial charge on any atom is 0.238 e. The van der Waals surface area contributed by atoms with Crippen LogP contribution in [0.4, 0.5) is 14.5 Å². The highest BCUT2D eigenvalue weighted by molar-refractivity contribution is 5.92. The topological polar surface area (TPSA) is 72.8 Å². The Kier molecular flexibility index (Phi) is 6.34. The second-order valence-electron chi connectivity index (χ2n) is 3.90. The smallest absolute Gasteiger partial charge is 0.238 e. The fourth-order valence-electron chi connectivity index (χ4n) is 1.54. The molecular formula is C12H16F2N2O3. The molecule has 0 aliphatic heterocycles. The maximum atomic E-state index is 13.3. The summed E-state index contributed by atoms with van der Waals surface area (Å²) in [6.07, 6.45) is 0. The number of carbonyl (C=O) groups is 1. The summed E-state index contributed by atoms with van der Waals surface area (Å²) >= 11 is 0. The van der Waals surface area contributed by atoms with Gasteiger partial charge >= 0.3 is 0 Å². The Hall–Kier alpha value is -1.57. The van der Waals surface area contributed by atoms with E-state index in [2.05, 4.69) is 5.32 Å². The number of halogens is 2. The first kappa shape index (κ1) is 15.5. The SMILES string of the molecule is O=C(CN(CCO)CCO)Nc1cc(F)ccc1F. The molecule has 0 saturated heterocycles. The molecule has 3 N–H and O–H groups in total. The first-order valence-corrected chi connectivity index (χ1v) is 5.75. The lowest BCUT2D eigenvalue weighted by atomic mass is 10.3. The third-order valence-electron chi connectivity index (χ3n) is 2.40. The number of anilines is 1. The summed E-state index contributed by atoms with van der Waals surface area (Å²) in [6, 6.07) is 2.76. The number of hydrogen-bond donors (Lipinski definition) is 3. The molecule has 0 bridgehead atoms. The first-order valence-electron chi connectivity index (χ1n) is 5.75. The van der Waals surface area contributed by atoms with Gasteiger partial charge in [-0.25, -0.2) is 8.78 Å². The molecule has 0 spiro atoms. The molecule has 7 heteroatoms. The number of nitrogens with one attached hydrogen (secondary N) is 1. The molecule has 1 aromatic rings. The van der Waals surface area contributed by atoms with Crippen molar-refractivity contribution in [2.45, 2.75) is 0 Å². The number of rotatable bonds is 7. The van der Waals surface area contributed by atoms with E-state index < -0.39 is 17.5 Å². The predicted octanol–water partition coefficient (Wildman–Crippen LogP) is 0.190. The van der Waals surface area contributed by atoms with Crippen molar-refractivity contribution in [3.8, 4) is 0 Å².